The third kappa shape index (κ3) is 3.67. The molecule has 1 aliphatic rings. The number of pyridine rings is 2. The lowest BCUT2D eigenvalue weighted by molar-refractivity contribution is -0.106. The Bertz CT molecular complexity index is 655. The van der Waals surface area contributed by atoms with E-state index in [1.165, 1.54) is 0 Å². The molecular weight excluding hydrogens is 294 g/mol. The zero-order valence-corrected chi connectivity index (χ0v) is 13.6. The van der Waals surface area contributed by atoms with Crippen LogP contribution in [-0.2, 0) is 9.47 Å². The first-order valence-electron chi connectivity index (χ1n) is 7.53. The summed E-state index contributed by atoms with van der Waals surface area (Å²) in [5.74, 6) is 0.628. The van der Waals surface area contributed by atoms with Crippen molar-refractivity contribution in [1.29, 1.82) is 0 Å². The molecule has 0 bridgehead atoms. The van der Waals surface area contributed by atoms with Crippen molar-refractivity contribution in [3.8, 4) is 17.3 Å². The van der Waals surface area contributed by atoms with Gasteiger partial charge in [0.15, 0.2) is 6.29 Å². The summed E-state index contributed by atoms with van der Waals surface area (Å²) >= 11 is 0. The number of ether oxygens (including phenoxy) is 3. The minimum absolute atomic E-state index is 0.216. The van der Waals surface area contributed by atoms with Crippen LogP contribution in [0.4, 0.5) is 0 Å². The van der Waals surface area contributed by atoms with Crippen molar-refractivity contribution in [3.05, 3.63) is 42.1 Å². The van der Waals surface area contributed by atoms with Crippen molar-refractivity contribution in [2.75, 3.05) is 34.4 Å². The fourth-order valence-electron chi connectivity index (χ4n) is 2.61. The van der Waals surface area contributed by atoms with Crippen LogP contribution in [0.3, 0.4) is 0 Å². The molecule has 1 fully saturated rings. The summed E-state index contributed by atoms with van der Waals surface area (Å²) < 4.78 is 16.4. The van der Waals surface area contributed by atoms with Crippen LogP contribution in [0.1, 0.15) is 11.9 Å². The van der Waals surface area contributed by atoms with Gasteiger partial charge in [-0.2, -0.15) is 0 Å². The van der Waals surface area contributed by atoms with Crippen molar-refractivity contribution in [2.45, 2.75) is 12.4 Å². The summed E-state index contributed by atoms with van der Waals surface area (Å²) in [4.78, 5) is 11.2. The van der Waals surface area contributed by atoms with Crippen LogP contribution in [0, 0.1) is 0 Å². The number of rotatable bonds is 6. The topological polar surface area (TPSA) is 56.7 Å². The van der Waals surface area contributed by atoms with E-state index in [0.29, 0.717) is 5.88 Å². The molecule has 0 spiro atoms. The first-order chi connectivity index (χ1) is 11.2. The molecule has 2 aromatic rings. The first kappa shape index (κ1) is 15.9. The molecule has 0 N–H and O–H groups in total. The Morgan fingerprint density at radius 3 is 2.61 bits per heavy atom. The minimum Gasteiger partial charge on any atom is -0.472 e. The predicted molar refractivity (Wildman–Crippen MR) is 86.1 cm³/mol. The van der Waals surface area contributed by atoms with Gasteiger partial charge in [-0.25, -0.2) is 4.98 Å². The van der Waals surface area contributed by atoms with E-state index in [4.69, 9.17) is 14.2 Å². The maximum Gasteiger partial charge on any atom is 0.214 e. The Morgan fingerprint density at radius 1 is 1.13 bits per heavy atom. The molecule has 6 heteroatoms. The zero-order valence-electron chi connectivity index (χ0n) is 13.6. The van der Waals surface area contributed by atoms with Gasteiger partial charge in [-0.15, -0.1) is 0 Å². The second-order valence-electron chi connectivity index (χ2n) is 5.60. The highest BCUT2D eigenvalue weighted by molar-refractivity contribution is 5.55. The molecule has 122 valence electrons. The van der Waals surface area contributed by atoms with E-state index in [2.05, 4.69) is 21.9 Å². The molecule has 3 heterocycles. The van der Waals surface area contributed by atoms with Gasteiger partial charge < -0.3 is 14.2 Å². The average Bonchev–Trinajstić information content (AvgIpc) is 2.55. The normalized spacial score (nSPS) is 15.7. The van der Waals surface area contributed by atoms with E-state index in [0.717, 1.165) is 30.0 Å². The Hall–Kier alpha value is -2.02. The van der Waals surface area contributed by atoms with Crippen molar-refractivity contribution in [2.24, 2.45) is 0 Å². The summed E-state index contributed by atoms with van der Waals surface area (Å²) in [5.41, 5.74) is 2.43. The Kier molecular flexibility index (Phi) is 4.85. The lowest BCUT2D eigenvalue weighted by Crippen LogP contribution is -2.51. The van der Waals surface area contributed by atoms with Crippen LogP contribution in [0.25, 0.3) is 11.4 Å². The van der Waals surface area contributed by atoms with Crippen molar-refractivity contribution in [1.82, 2.24) is 14.9 Å². The van der Waals surface area contributed by atoms with Gasteiger partial charge in [0.05, 0.1) is 11.4 Å². The largest absolute Gasteiger partial charge is 0.472 e. The minimum atomic E-state index is -0.415. The molecule has 1 saturated heterocycles. The van der Waals surface area contributed by atoms with Crippen molar-refractivity contribution >= 4 is 0 Å². The molecule has 0 aliphatic carbocycles. The summed E-state index contributed by atoms with van der Waals surface area (Å²) in [5, 5.41) is 0. The summed E-state index contributed by atoms with van der Waals surface area (Å²) in [6.07, 6.45) is 1.53. The highest BCUT2D eigenvalue weighted by Crippen LogP contribution is 2.24. The lowest BCUT2D eigenvalue weighted by atomic mass is 10.1. The van der Waals surface area contributed by atoms with Crippen LogP contribution in [0.15, 0.2) is 36.5 Å². The Balaban J connectivity index is 1.79. The molecule has 3 rings (SSSR count). The van der Waals surface area contributed by atoms with E-state index >= 15 is 0 Å². The summed E-state index contributed by atoms with van der Waals surface area (Å²) in [6.45, 7) is 1.87. The number of nitrogens with zero attached hydrogens (tertiary/aromatic N) is 3. The number of likely N-dealkylation sites (N-methyl/N-ethyl adjacent to an activating group) is 1. The van der Waals surface area contributed by atoms with E-state index < -0.39 is 6.29 Å². The smallest absolute Gasteiger partial charge is 0.214 e. The molecule has 1 aliphatic heterocycles. The molecule has 2 aromatic heterocycles. The van der Waals surface area contributed by atoms with Crippen molar-refractivity contribution < 1.29 is 14.2 Å². The molecule has 0 atom stereocenters. The van der Waals surface area contributed by atoms with Gasteiger partial charge in [-0.3, -0.25) is 9.88 Å². The van der Waals surface area contributed by atoms with Gasteiger partial charge in [0.2, 0.25) is 5.88 Å². The molecule has 23 heavy (non-hydrogen) atoms. The first-order valence-corrected chi connectivity index (χ1v) is 7.53. The zero-order chi connectivity index (χ0) is 16.2. The molecule has 0 radical (unpaired) electrons. The maximum atomic E-state index is 5.87. The third-order valence-corrected chi connectivity index (χ3v) is 3.79. The van der Waals surface area contributed by atoms with Gasteiger partial charge in [-0.05, 0) is 25.2 Å². The summed E-state index contributed by atoms with van der Waals surface area (Å²) in [6, 6.07) is 9.50. The molecular formula is C17H21N3O3. The van der Waals surface area contributed by atoms with Crippen molar-refractivity contribution in [3.63, 3.8) is 0 Å². The number of methoxy groups -OCH3 is 2. The summed E-state index contributed by atoms with van der Waals surface area (Å²) in [7, 11) is 5.29. The van der Waals surface area contributed by atoms with Gasteiger partial charge in [0, 0.05) is 45.1 Å². The van der Waals surface area contributed by atoms with Crippen LogP contribution >= 0.6 is 0 Å². The van der Waals surface area contributed by atoms with Crippen LogP contribution < -0.4 is 4.74 Å². The fourth-order valence-corrected chi connectivity index (χ4v) is 2.61. The Morgan fingerprint density at radius 2 is 1.91 bits per heavy atom. The number of aromatic nitrogens is 2. The molecule has 0 aromatic carbocycles. The van der Waals surface area contributed by atoms with E-state index in [9.17, 15) is 0 Å². The van der Waals surface area contributed by atoms with Crippen LogP contribution in [0.5, 0.6) is 5.88 Å². The molecule has 0 amide bonds. The molecule has 6 nitrogen and oxygen atoms in total. The highest BCUT2D eigenvalue weighted by atomic mass is 16.7. The molecule has 0 unspecified atom stereocenters. The van der Waals surface area contributed by atoms with Gasteiger partial charge in [-0.1, -0.05) is 6.07 Å². The van der Waals surface area contributed by atoms with Gasteiger partial charge in [0.25, 0.3) is 0 Å². The lowest BCUT2D eigenvalue weighted by Gasteiger charge is -2.35. The second kappa shape index (κ2) is 7.04. The second-order valence-corrected chi connectivity index (χ2v) is 5.60. The van der Waals surface area contributed by atoms with Gasteiger partial charge in [0.1, 0.15) is 6.10 Å². The average molecular weight is 315 g/mol. The number of hydrogen-bond acceptors (Lipinski definition) is 6. The molecule has 0 saturated carbocycles. The van der Waals surface area contributed by atoms with Crippen LogP contribution in [-0.4, -0.2) is 55.3 Å². The fraction of sp³-hybridized carbons (Fsp3) is 0.412. The van der Waals surface area contributed by atoms with E-state index in [1.807, 2.05) is 30.3 Å². The van der Waals surface area contributed by atoms with Gasteiger partial charge >= 0.3 is 0 Å². The van der Waals surface area contributed by atoms with E-state index in [1.54, 1.807) is 20.4 Å². The highest BCUT2D eigenvalue weighted by Gasteiger charge is 2.25. The number of likely N-dealkylation sites (tertiary alicyclic amines) is 1. The third-order valence-electron chi connectivity index (χ3n) is 3.79. The van der Waals surface area contributed by atoms with Crippen LogP contribution in [0.2, 0.25) is 0 Å². The quantitative estimate of drug-likeness (QED) is 0.761. The number of hydrogen-bond donors (Lipinski definition) is 0. The Labute approximate surface area is 136 Å². The van der Waals surface area contributed by atoms with E-state index in [-0.39, 0.29) is 6.10 Å². The monoisotopic (exact) mass is 315 g/mol. The maximum absolute atomic E-state index is 5.87. The predicted octanol–water partition coefficient (Wildman–Crippen LogP) is 2.13. The standard InChI is InChI=1S/C17H21N3O3/c1-20-10-13(11-20)23-16-6-4-5-14(19-16)15-9-12(7-8-18-15)17(21-2)22-3/h4-9,13,17H,10-11H2,1-3H3. The SMILES string of the molecule is COC(OC)c1ccnc(-c2cccc(OC3CN(C)C3)n2)c1.